The van der Waals surface area contributed by atoms with E-state index < -0.39 is 0 Å². The standard InChI is InChI=1S/C13H13NS/c1-11-6-2-3-7-12(11)10-15-13-8-4-5-9-14-13/h2-9H,10H2,1H3. The predicted octanol–water partition coefficient (Wildman–Crippen LogP) is 3.68. The molecule has 1 aromatic heterocycles. The molecule has 0 fully saturated rings. The number of thioether (sulfide) groups is 1. The van der Waals surface area contributed by atoms with Crippen LogP contribution in [0.1, 0.15) is 11.1 Å². The van der Waals surface area contributed by atoms with Crippen LogP contribution in [0.5, 0.6) is 0 Å². The molecule has 0 saturated heterocycles. The van der Waals surface area contributed by atoms with Crippen molar-refractivity contribution in [3.63, 3.8) is 0 Å². The fraction of sp³-hybridized carbons (Fsp3) is 0.154. The second-order valence-corrected chi connectivity index (χ2v) is 4.38. The molecule has 1 aromatic carbocycles. The SMILES string of the molecule is Cc1ccccc1CSc1ccccn1. The highest BCUT2D eigenvalue weighted by Gasteiger charge is 1.98. The van der Waals surface area contributed by atoms with Crippen LogP contribution >= 0.6 is 11.8 Å². The zero-order valence-electron chi connectivity index (χ0n) is 8.68. The first-order valence-electron chi connectivity index (χ1n) is 4.94. The van der Waals surface area contributed by atoms with Gasteiger partial charge in [0.2, 0.25) is 0 Å². The maximum Gasteiger partial charge on any atom is 0.0963 e. The van der Waals surface area contributed by atoms with E-state index in [9.17, 15) is 0 Å². The molecule has 0 spiro atoms. The van der Waals surface area contributed by atoms with Gasteiger partial charge in [0.15, 0.2) is 0 Å². The molecular weight excluding hydrogens is 202 g/mol. The number of pyridine rings is 1. The Balaban J connectivity index is 2.03. The molecule has 0 radical (unpaired) electrons. The third-order valence-electron chi connectivity index (χ3n) is 2.27. The summed E-state index contributed by atoms with van der Waals surface area (Å²) in [5, 5.41) is 1.08. The van der Waals surface area contributed by atoms with Crippen molar-refractivity contribution in [1.82, 2.24) is 4.98 Å². The molecule has 1 nitrogen and oxygen atoms in total. The van der Waals surface area contributed by atoms with E-state index >= 15 is 0 Å². The van der Waals surface area contributed by atoms with Crippen molar-refractivity contribution in [3.05, 3.63) is 59.8 Å². The highest BCUT2D eigenvalue weighted by Crippen LogP contribution is 2.21. The van der Waals surface area contributed by atoms with Crippen LogP contribution in [-0.4, -0.2) is 4.98 Å². The Morgan fingerprint density at radius 2 is 1.87 bits per heavy atom. The molecule has 1 heterocycles. The summed E-state index contributed by atoms with van der Waals surface area (Å²) in [6.45, 7) is 2.15. The Morgan fingerprint density at radius 1 is 1.07 bits per heavy atom. The molecule has 15 heavy (non-hydrogen) atoms. The van der Waals surface area contributed by atoms with Crippen LogP contribution in [-0.2, 0) is 5.75 Å². The van der Waals surface area contributed by atoms with E-state index in [2.05, 4.69) is 36.2 Å². The molecule has 2 heteroatoms. The second kappa shape index (κ2) is 4.99. The highest BCUT2D eigenvalue weighted by atomic mass is 32.2. The van der Waals surface area contributed by atoms with Crippen LogP contribution in [0.4, 0.5) is 0 Å². The monoisotopic (exact) mass is 215 g/mol. The summed E-state index contributed by atoms with van der Waals surface area (Å²) in [4.78, 5) is 4.29. The molecule has 0 atom stereocenters. The molecule has 0 aliphatic carbocycles. The second-order valence-electron chi connectivity index (χ2n) is 3.38. The quantitative estimate of drug-likeness (QED) is 0.724. The fourth-order valence-electron chi connectivity index (χ4n) is 1.36. The minimum absolute atomic E-state index is 0.990. The number of nitrogens with zero attached hydrogens (tertiary/aromatic N) is 1. The number of benzene rings is 1. The largest absolute Gasteiger partial charge is 0.250 e. The van der Waals surface area contributed by atoms with Crippen molar-refractivity contribution in [2.75, 3.05) is 0 Å². The lowest BCUT2D eigenvalue weighted by Gasteiger charge is -2.04. The van der Waals surface area contributed by atoms with E-state index in [1.54, 1.807) is 11.8 Å². The summed E-state index contributed by atoms with van der Waals surface area (Å²) in [5.74, 6) is 0.990. The van der Waals surface area contributed by atoms with Crippen molar-refractivity contribution in [2.45, 2.75) is 17.7 Å². The molecular formula is C13H13NS. The van der Waals surface area contributed by atoms with Crippen molar-refractivity contribution in [2.24, 2.45) is 0 Å². The molecule has 0 bridgehead atoms. The number of hydrogen-bond acceptors (Lipinski definition) is 2. The van der Waals surface area contributed by atoms with E-state index in [0.29, 0.717) is 0 Å². The molecule has 76 valence electrons. The van der Waals surface area contributed by atoms with Crippen LogP contribution in [0.3, 0.4) is 0 Å². The van der Waals surface area contributed by atoms with Gasteiger partial charge in [0.25, 0.3) is 0 Å². The summed E-state index contributed by atoms with van der Waals surface area (Å²) in [7, 11) is 0. The van der Waals surface area contributed by atoms with Crippen molar-refractivity contribution < 1.29 is 0 Å². The topological polar surface area (TPSA) is 12.9 Å². The van der Waals surface area contributed by atoms with Crippen LogP contribution in [0.25, 0.3) is 0 Å². The molecule has 2 aromatic rings. The number of aromatic nitrogens is 1. The predicted molar refractivity (Wildman–Crippen MR) is 65.0 cm³/mol. The van der Waals surface area contributed by atoms with E-state index in [1.807, 2.05) is 24.4 Å². The average Bonchev–Trinajstić information content (AvgIpc) is 2.29. The molecule has 0 aliphatic rings. The zero-order chi connectivity index (χ0) is 10.5. The summed E-state index contributed by atoms with van der Waals surface area (Å²) in [6, 6.07) is 14.5. The molecule has 0 N–H and O–H groups in total. The Kier molecular flexibility index (Phi) is 3.41. The molecule has 0 aliphatic heterocycles. The van der Waals surface area contributed by atoms with Gasteiger partial charge < -0.3 is 0 Å². The van der Waals surface area contributed by atoms with Gasteiger partial charge in [-0.1, -0.05) is 30.3 Å². The van der Waals surface area contributed by atoms with Gasteiger partial charge in [0.1, 0.15) is 0 Å². The van der Waals surface area contributed by atoms with Gasteiger partial charge in [-0.2, -0.15) is 0 Å². The van der Waals surface area contributed by atoms with Gasteiger partial charge in [-0.05, 0) is 30.2 Å². The maximum absolute atomic E-state index is 4.29. The Morgan fingerprint density at radius 3 is 2.60 bits per heavy atom. The van der Waals surface area contributed by atoms with Crippen LogP contribution in [0.2, 0.25) is 0 Å². The van der Waals surface area contributed by atoms with Crippen molar-refractivity contribution in [3.8, 4) is 0 Å². The number of rotatable bonds is 3. The maximum atomic E-state index is 4.29. The Hall–Kier alpha value is -1.28. The lowest BCUT2D eigenvalue weighted by molar-refractivity contribution is 1.13. The Labute approximate surface area is 94.6 Å². The summed E-state index contributed by atoms with van der Waals surface area (Å²) >= 11 is 1.78. The summed E-state index contributed by atoms with van der Waals surface area (Å²) in [6.07, 6.45) is 1.83. The molecule has 0 saturated carbocycles. The van der Waals surface area contributed by atoms with Gasteiger partial charge in [-0.3, -0.25) is 0 Å². The van der Waals surface area contributed by atoms with Gasteiger partial charge in [0, 0.05) is 11.9 Å². The van der Waals surface area contributed by atoms with Crippen LogP contribution < -0.4 is 0 Å². The molecule has 0 amide bonds. The van der Waals surface area contributed by atoms with Crippen molar-refractivity contribution >= 4 is 11.8 Å². The summed E-state index contributed by atoms with van der Waals surface area (Å²) in [5.41, 5.74) is 2.73. The average molecular weight is 215 g/mol. The highest BCUT2D eigenvalue weighted by molar-refractivity contribution is 7.98. The lowest BCUT2D eigenvalue weighted by atomic mass is 10.1. The minimum Gasteiger partial charge on any atom is -0.250 e. The van der Waals surface area contributed by atoms with E-state index in [4.69, 9.17) is 0 Å². The third kappa shape index (κ3) is 2.83. The summed E-state index contributed by atoms with van der Waals surface area (Å²) < 4.78 is 0. The van der Waals surface area contributed by atoms with Gasteiger partial charge >= 0.3 is 0 Å². The minimum atomic E-state index is 0.990. The first-order chi connectivity index (χ1) is 7.36. The normalized spacial score (nSPS) is 10.2. The van der Waals surface area contributed by atoms with E-state index in [-0.39, 0.29) is 0 Å². The van der Waals surface area contributed by atoms with E-state index in [0.717, 1.165) is 10.8 Å². The first kappa shape index (κ1) is 10.2. The Bertz CT molecular complexity index is 426. The fourth-order valence-corrected chi connectivity index (χ4v) is 2.29. The van der Waals surface area contributed by atoms with Gasteiger partial charge in [-0.25, -0.2) is 4.98 Å². The number of aryl methyl sites for hydroxylation is 1. The zero-order valence-corrected chi connectivity index (χ0v) is 9.50. The van der Waals surface area contributed by atoms with Gasteiger partial charge in [0.05, 0.1) is 5.03 Å². The molecule has 0 unspecified atom stereocenters. The van der Waals surface area contributed by atoms with Crippen molar-refractivity contribution in [1.29, 1.82) is 0 Å². The first-order valence-corrected chi connectivity index (χ1v) is 5.93. The van der Waals surface area contributed by atoms with E-state index in [1.165, 1.54) is 11.1 Å². The third-order valence-corrected chi connectivity index (χ3v) is 3.27. The lowest BCUT2D eigenvalue weighted by Crippen LogP contribution is -1.86. The van der Waals surface area contributed by atoms with Crippen LogP contribution in [0, 0.1) is 6.92 Å². The van der Waals surface area contributed by atoms with Gasteiger partial charge in [-0.15, -0.1) is 11.8 Å². The van der Waals surface area contributed by atoms with Crippen LogP contribution in [0.15, 0.2) is 53.7 Å². The molecule has 2 rings (SSSR count). The number of hydrogen-bond donors (Lipinski definition) is 0. The smallest absolute Gasteiger partial charge is 0.0963 e.